The van der Waals surface area contributed by atoms with Gasteiger partial charge in [0.15, 0.2) is 0 Å². The molecule has 2 amide bonds. The number of rotatable bonds is 4. The van der Waals surface area contributed by atoms with Crippen LogP contribution in [-0.4, -0.2) is 62.7 Å². The van der Waals surface area contributed by atoms with Crippen LogP contribution in [0.4, 0.5) is 0 Å². The predicted octanol–water partition coefficient (Wildman–Crippen LogP) is 1.89. The molecule has 4 rings (SSSR count). The van der Waals surface area contributed by atoms with Crippen molar-refractivity contribution >= 4 is 11.8 Å². The second-order valence-electron chi connectivity index (χ2n) is 7.69. The van der Waals surface area contributed by atoms with Crippen molar-refractivity contribution in [3.63, 3.8) is 0 Å². The van der Waals surface area contributed by atoms with E-state index in [2.05, 4.69) is 15.0 Å². The third-order valence-corrected chi connectivity index (χ3v) is 5.79. The molecule has 2 aliphatic rings. The number of aromatic amines is 1. The van der Waals surface area contributed by atoms with Crippen molar-refractivity contribution in [2.45, 2.75) is 32.1 Å². The number of nitrogens with one attached hydrogen (secondary N) is 1. The van der Waals surface area contributed by atoms with Crippen LogP contribution in [0.1, 0.15) is 41.9 Å². The van der Waals surface area contributed by atoms with Gasteiger partial charge in [-0.1, -0.05) is 6.07 Å². The van der Waals surface area contributed by atoms with E-state index in [1.54, 1.807) is 24.8 Å². The quantitative estimate of drug-likeness (QED) is 0.895. The van der Waals surface area contributed by atoms with E-state index in [9.17, 15) is 9.59 Å². The average molecular weight is 367 g/mol. The van der Waals surface area contributed by atoms with E-state index < -0.39 is 0 Å². The molecule has 0 unspecified atom stereocenters. The first kappa shape index (κ1) is 17.7. The molecular formula is C20H25N5O2. The molecule has 0 saturated carbocycles. The van der Waals surface area contributed by atoms with Crippen molar-refractivity contribution in [3.8, 4) is 0 Å². The zero-order valence-electron chi connectivity index (χ0n) is 15.4. The van der Waals surface area contributed by atoms with Gasteiger partial charge in [0.2, 0.25) is 5.91 Å². The molecule has 2 aliphatic heterocycles. The zero-order chi connectivity index (χ0) is 18.7. The normalized spacial score (nSPS) is 23.0. The Morgan fingerprint density at radius 1 is 1.26 bits per heavy atom. The van der Waals surface area contributed by atoms with Gasteiger partial charge in [0.25, 0.3) is 5.91 Å². The molecule has 4 heterocycles. The first-order valence-corrected chi connectivity index (χ1v) is 9.61. The number of pyridine rings is 1. The third kappa shape index (κ3) is 3.86. The molecule has 2 saturated heterocycles. The molecule has 1 N–H and O–H groups in total. The standard InChI is InChI=1S/C20H25N5O2/c26-18-5-8-20(13-24(18)11-6-16-12-21-15-23-16)7-3-10-25(14-20)19(27)17-4-1-2-9-22-17/h1-2,4,9,12,15H,3,5-8,10-11,13-14H2,(H,21,23)/t20-/m0/s1. The second-order valence-corrected chi connectivity index (χ2v) is 7.69. The number of H-pyrrole nitrogens is 1. The SMILES string of the molecule is O=C1CC[C@@]2(CCCN(C(=O)c3ccccn3)C2)CN1CCc1cnc[nH]1. The fraction of sp³-hybridized carbons (Fsp3) is 0.500. The molecule has 0 aromatic carbocycles. The van der Waals surface area contributed by atoms with E-state index in [-0.39, 0.29) is 17.2 Å². The lowest BCUT2D eigenvalue weighted by molar-refractivity contribution is -0.138. The molecule has 0 radical (unpaired) electrons. The Balaban J connectivity index is 1.43. The van der Waals surface area contributed by atoms with Crippen molar-refractivity contribution in [2.24, 2.45) is 5.41 Å². The number of piperidine rings is 2. The number of carbonyl (C=O) groups excluding carboxylic acids is 2. The number of carbonyl (C=O) groups is 2. The minimum absolute atomic E-state index is 0.00409. The lowest BCUT2D eigenvalue weighted by Gasteiger charge is -2.48. The van der Waals surface area contributed by atoms with Crippen molar-refractivity contribution in [1.29, 1.82) is 0 Å². The monoisotopic (exact) mass is 367 g/mol. The summed E-state index contributed by atoms with van der Waals surface area (Å²) in [6.45, 7) is 2.89. The Morgan fingerprint density at radius 2 is 2.19 bits per heavy atom. The molecular weight excluding hydrogens is 342 g/mol. The van der Waals surface area contributed by atoms with Crippen LogP contribution < -0.4 is 0 Å². The van der Waals surface area contributed by atoms with Gasteiger partial charge in [-0.25, -0.2) is 4.98 Å². The van der Waals surface area contributed by atoms with E-state index in [0.717, 1.165) is 44.5 Å². The number of likely N-dealkylation sites (tertiary alicyclic amines) is 2. The van der Waals surface area contributed by atoms with Crippen molar-refractivity contribution in [3.05, 3.63) is 48.3 Å². The van der Waals surface area contributed by atoms with Gasteiger partial charge in [0, 0.05) is 62.5 Å². The van der Waals surface area contributed by atoms with Crippen LogP contribution in [0.5, 0.6) is 0 Å². The summed E-state index contributed by atoms with van der Waals surface area (Å²) in [5.74, 6) is 0.212. The highest BCUT2D eigenvalue weighted by molar-refractivity contribution is 5.92. The molecule has 142 valence electrons. The van der Waals surface area contributed by atoms with Gasteiger partial charge in [-0.15, -0.1) is 0 Å². The first-order chi connectivity index (χ1) is 13.2. The summed E-state index contributed by atoms with van der Waals surface area (Å²) in [4.78, 5) is 40.5. The topological polar surface area (TPSA) is 82.2 Å². The van der Waals surface area contributed by atoms with Crippen LogP contribution in [0.25, 0.3) is 0 Å². The maximum atomic E-state index is 12.8. The third-order valence-electron chi connectivity index (χ3n) is 5.79. The van der Waals surface area contributed by atoms with E-state index in [1.165, 1.54) is 0 Å². The number of hydrogen-bond donors (Lipinski definition) is 1. The van der Waals surface area contributed by atoms with Gasteiger partial charge >= 0.3 is 0 Å². The molecule has 7 nitrogen and oxygen atoms in total. The minimum atomic E-state index is -0.00409. The van der Waals surface area contributed by atoms with Crippen LogP contribution in [0, 0.1) is 5.41 Å². The minimum Gasteiger partial charge on any atom is -0.348 e. The van der Waals surface area contributed by atoms with Gasteiger partial charge < -0.3 is 14.8 Å². The lowest BCUT2D eigenvalue weighted by atomic mass is 9.73. The molecule has 0 bridgehead atoms. The Kier molecular flexibility index (Phi) is 4.92. The molecule has 2 aromatic rings. The molecule has 7 heteroatoms. The Hall–Kier alpha value is -2.70. The van der Waals surface area contributed by atoms with Crippen LogP contribution >= 0.6 is 0 Å². The van der Waals surface area contributed by atoms with Crippen LogP contribution in [0.15, 0.2) is 36.9 Å². The lowest BCUT2D eigenvalue weighted by Crippen LogP contribution is -2.55. The Morgan fingerprint density at radius 3 is 2.96 bits per heavy atom. The van der Waals surface area contributed by atoms with Crippen LogP contribution in [0.2, 0.25) is 0 Å². The Labute approximate surface area is 158 Å². The maximum absolute atomic E-state index is 12.8. The number of amides is 2. The summed E-state index contributed by atoms with van der Waals surface area (Å²) in [6, 6.07) is 5.43. The van der Waals surface area contributed by atoms with E-state index >= 15 is 0 Å². The fourth-order valence-electron chi connectivity index (χ4n) is 4.35. The Bertz CT molecular complexity index is 792. The van der Waals surface area contributed by atoms with Gasteiger partial charge in [0.05, 0.1) is 6.33 Å². The summed E-state index contributed by atoms with van der Waals surface area (Å²) in [5.41, 5.74) is 1.54. The number of nitrogens with zero attached hydrogens (tertiary/aromatic N) is 4. The summed E-state index contributed by atoms with van der Waals surface area (Å²) in [5, 5.41) is 0. The maximum Gasteiger partial charge on any atom is 0.272 e. The molecule has 0 aliphatic carbocycles. The molecule has 2 aromatic heterocycles. The van der Waals surface area contributed by atoms with Gasteiger partial charge in [-0.05, 0) is 31.4 Å². The highest BCUT2D eigenvalue weighted by Gasteiger charge is 2.42. The average Bonchev–Trinajstić information content (AvgIpc) is 3.23. The molecule has 2 fully saturated rings. The van der Waals surface area contributed by atoms with Crippen molar-refractivity contribution in [2.75, 3.05) is 26.2 Å². The summed E-state index contributed by atoms with van der Waals surface area (Å²) >= 11 is 0. The van der Waals surface area contributed by atoms with Crippen LogP contribution in [-0.2, 0) is 11.2 Å². The number of aromatic nitrogens is 3. The summed E-state index contributed by atoms with van der Waals surface area (Å²) < 4.78 is 0. The fourth-order valence-corrected chi connectivity index (χ4v) is 4.35. The molecule has 1 spiro atoms. The van der Waals surface area contributed by atoms with E-state index in [1.807, 2.05) is 21.9 Å². The largest absolute Gasteiger partial charge is 0.348 e. The first-order valence-electron chi connectivity index (χ1n) is 9.61. The van der Waals surface area contributed by atoms with Crippen molar-refractivity contribution in [1.82, 2.24) is 24.8 Å². The smallest absolute Gasteiger partial charge is 0.272 e. The zero-order valence-corrected chi connectivity index (χ0v) is 15.4. The number of hydrogen-bond acceptors (Lipinski definition) is 4. The van der Waals surface area contributed by atoms with E-state index in [4.69, 9.17) is 0 Å². The van der Waals surface area contributed by atoms with Gasteiger partial charge in [-0.2, -0.15) is 0 Å². The van der Waals surface area contributed by atoms with Crippen molar-refractivity contribution < 1.29 is 9.59 Å². The number of imidazole rings is 1. The second kappa shape index (κ2) is 7.50. The van der Waals surface area contributed by atoms with E-state index in [0.29, 0.717) is 25.2 Å². The molecule has 1 atom stereocenters. The molecule has 27 heavy (non-hydrogen) atoms. The van der Waals surface area contributed by atoms with Gasteiger partial charge in [-0.3, -0.25) is 14.6 Å². The summed E-state index contributed by atoms with van der Waals surface area (Å²) in [6.07, 6.45) is 9.36. The van der Waals surface area contributed by atoms with Crippen LogP contribution in [0.3, 0.4) is 0 Å². The highest BCUT2D eigenvalue weighted by atomic mass is 16.2. The summed E-state index contributed by atoms with van der Waals surface area (Å²) in [7, 11) is 0. The highest BCUT2D eigenvalue weighted by Crippen LogP contribution is 2.39. The van der Waals surface area contributed by atoms with Gasteiger partial charge in [0.1, 0.15) is 5.69 Å². The predicted molar refractivity (Wildman–Crippen MR) is 99.9 cm³/mol.